The fourth-order valence-electron chi connectivity index (χ4n) is 2.85. The van der Waals surface area contributed by atoms with E-state index in [4.69, 9.17) is 35.4 Å². The van der Waals surface area contributed by atoms with Crippen LogP contribution in [0.5, 0.6) is 0 Å². The molecule has 0 unspecified atom stereocenters. The van der Waals surface area contributed by atoms with E-state index in [-0.39, 0.29) is 5.91 Å². The fraction of sp³-hybridized carbons (Fsp3) is 0. The maximum atomic E-state index is 12.5. The SMILES string of the molecule is O=C(Nc1cccc(/C=N/n2c(-c3ccc(Cl)cc3)n[nH]c2=S)c1)c1ccccc1Cl. The van der Waals surface area contributed by atoms with Gasteiger partial charge in [-0.3, -0.25) is 4.79 Å². The highest BCUT2D eigenvalue weighted by Crippen LogP contribution is 2.20. The Morgan fingerprint density at radius 2 is 1.84 bits per heavy atom. The van der Waals surface area contributed by atoms with Gasteiger partial charge in [0.25, 0.3) is 5.91 Å². The van der Waals surface area contributed by atoms with Gasteiger partial charge < -0.3 is 5.32 Å². The minimum Gasteiger partial charge on any atom is -0.322 e. The summed E-state index contributed by atoms with van der Waals surface area (Å²) in [6, 6.07) is 21.4. The second-order valence-corrected chi connectivity index (χ2v) is 7.71. The molecule has 154 valence electrons. The van der Waals surface area contributed by atoms with Crippen molar-refractivity contribution in [1.82, 2.24) is 14.9 Å². The second-order valence-electron chi connectivity index (χ2n) is 6.48. The first-order valence-electron chi connectivity index (χ1n) is 9.15. The van der Waals surface area contributed by atoms with Crippen LogP contribution in [0.4, 0.5) is 5.69 Å². The number of benzene rings is 3. The van der Waals surface area contributed by atoms with Crippen LogP contribution in [0, 0.1) is 4.77 Å². The number of anilines is 1. The van der Waals surface area contributed by atoms with Crippen molar-refractivity contribution in [3.8, 4) is 11.4 Å². The molecule has 0 saturated carbocycles. The van der Waals surface area contributed by atoms with E-state index in [0.717, 1.165) is 11.1 Å². The van der Waals surface area contributed by atoms with E-state index in [0.29, 0.717) is 31.9 Å². The Balaban J connectivity index is 1.57. The first-order valence-corrected chi connectivity index (χ1v) is 10.3. The molecule has 0 atom stereocenters. The van der Waals surface area contributed by atoms with E-state index in [1.54, 1.807) is 54.7 Å². The van der Waals surface area contributed by atoms with Gasteiger partial charge in [0.2, 0.25) is 4.77 Å². The number of aromatic amines is 1. The quantitative estimate of drug-likeness (QED) is 0.277. The lowest BCUT2D eigenvalue weighted by atomic mass is 10.2. The summed E-state index contributed by atoms with van der Waals surface area (Å²) in [6.07, 6.45) is 1.63. The number of aromatic nitrogens is 3. The number of hydrogen-bond acceptors (Lipinski definition) is 4. The number of halogens is 2. The smallest absolute Gasteiger partial charge is 0.257 e. The number of nitrogens with zero attached hydrogens (tertiary/aromatic N) is 3. The molecule has 3 aromatic carbocycles. The molecule has 0 fully saturated rings. The van der Waals surface area contributed by atoms with Crippen molar-refractivity contribution in [1.29, 1.82) is 0 Å². The topological polar surface area (TPSA) is 75.1 Å². The predicted molar refractivity (Wildman–Crippen MR) is 127 cm³/mol. The summed E-state index contributed by atoms with van der Waals surface area (Å²) >= 11 is 17.4. The van der Waals surface area contributed by atoms with Crippen LogP contribution in [-0.2, 0) is 0 Å². The Kier molecular flexibility index (Phi) is 6.27. The van der Waals surface area contributed by atoms with Gasteiger partial charge in [0.1, 0.15) is 0 Å². The van der Waals surface area contributed by atoms with E-state index in [9.17, 15) is 4.79 Å². The van der Waals surface area contributed by atoms with E-state index in [2.05, 4.69) is 20.6 Å². The van der Waals surface area contributed by atoms with Crippen molar-refractivity contribution in [3.05, 3.63) is 98.7 Å². The Morgan fingerprint density at radius 1 is 1.06 bits per heavy atom. The average Bonchev–Trinajstić information content (AvgIpc) is 3.13. The van der Waals surface area contributed by atoms with Crippen LogP contribution in [0.25, 0.3) is 11.4 Å². The maximum absolute atomic E-state index is 12.5. The molecule has 0 aliphatic heterocycles. The second kappa shape index (κ2) is 9.26. The number of nitrogens with one attached hydrogen (secondary N) is 2. The maximum Gasteiger partial charge on any atom is 0.257 e. The van der Waals surface area contributed by atoms with Crippen LogP contribution in [0.1, 0.15) is 15.9 Å². The van der Waals surface area contributed by atoms with Crippen molar-refractivity contribution in [2.75, 3.05) is 5.32 Å². The molecule has 1 heterocycles. The molecule has 4 aromatic rings. The third-order valence-electron chi connectivity index (χ3n) is 4.34. The molecule has 0 bridgehead atoms. The monoisotopic (exact) mass is 467 g/mol. The molecule has 1 amide bonds. The zero-order valence-electron chi connectivity index (χ0n) is 15.9. The zero-order chi connectivity index (χ0) is 21.8. The predicted octanol–water partition coefficient (Wildman–Crippen LogP) is 6.05. The van der Waals surface area contributed by atoms with Crippen LogP contribution < -0.4 is 5.32 Å². The standard InChI is InChI=1S/C22H15Cl2N5OS/c23-16-10-8-15(9-11-16)20-27-28-22(31)29(20)25-13-14-4-3-5-17(12-14)26-21(30)18-6-1-2-7-19(18)24/h1-13H,(H,26,30)(H,28,31)/b25-13+. The lowest BCUT2D eigenvalue weighted by molar-refractivity contribution is 0.102. The van der Waals surface area contributed by atoms with E-state index in [1.165, 1.54) is 4.68 Å². The average molecular weight is 468 g/mol. The highest BCUT2D eigenvalue weighted by Gasteiger charge is 2.10. The van der Waals surface area contributed by atoms with Crippen molar-refractivity contribution < 1.29 is 4.79 Å². The van der Waals surface area contributed by atoms with Gasteiger partial charge in [-0.25, -0.2) is 5.10 Å². The first kappa shape index (κ1) is 21.0. The fourth-order valence-corrected chi connectivity index (χ4v) is 3.38. The molecule has 2 N–H and O–H groups in total. The Morgan fingerprint density at radius 3 is 2.61 bits per heavy atom. The molecular formula is C22H15Cl2N5OS. The lowest BCUT2D eigenvalue weighted by Gasteiger charge is -2.07. The summed E-state index contributed by atoms with van der Waals surface area (Å²) in [5.74, 6) is 0.267. The third kappa shape index (κ3) is 4.91. The van der Waals surface area contributed by atoms with Crippen LogP contribution in [0.3, 0.4) is 0 Å². The zero-order valence-corrected chi connectivity index (χ0v) is 18.2. The van der Waals surface area contributed by atoms with Crippen LogP contribution in [0.2, 0.25) is 10.0 Å². The van der Waals surface area contributed by atoms with Crippen LogP contribution in [-0.4, -0.2) is 27.0 Å². The summed E-state index contributed by atoms with van der Waals surface area (Å²) in [6.45, 7) is 0. The molecule has 0 aliphatic carbocycles. The first-order chi connectivity index (χ1) is 15.0. The third-order valence-corrected chi connectivity index (χ3v) is 5.18. The van der Waals surface area contributed by atoms with Crippen molar-refractivity contribution in [2.24, 2.45) is 5.10 Å². The molecule has 1 aromatic heterocycles. The summed E-state index contributed by atoms with van der Waals surface area (Å²) < 4.78 is 1.87. The summed E-state index contributed by atoms with van der Waals surface area (Å²) in [7, 11) is 0. The molecule has 31 heavy (non-hydrogen) atoms. The summed E-state index contributed by atoms with van der Waals surface area (Å²) in [5, 5.41) is 15.3. The van der Waals surface area contributed by atoms with E-state index >= 15 is 0 Å². The number of carbonyl (C=O) groups is 1. The number of hydrogen-bond donors (Lipinski definition) is 2. The van der Waals surface area contributed by atoms with Gasteiger partial charge in [-0.15, -0.1) is 0 Å². The van der Waals surface area contributed by atoms with Gasteiger partial charge in [0.05, 0.1) is 16.8 Å². The molecule has 9 heteroatoms. The van der Waals surface area contributed by atoms with Crippen LogP contribution >= 0.6 is 35.4 Å². The minimum atomic E-state index is -0.290. The summed E-state index contributed by atoms with van der Waals surface area (Å²) in [5.41, 5.74) is 2.60. The number of amides is 1. The number of rotatable bonds is 5. The van der Waals surface area contributed by atoms with Crippen molar-refractivity contribution in [2.45, 2.75) is 0 Å². The summed E-state index contributed by atoms with van der Waals surface area (Å²) in [4.78, 5) is 12.5. The van der Waals surface area contributed by atoms with E-state index in [1.807, 2.05) is 24.3 Å². The molecule has 4 rings (SSSR count). The van der Waals surface area contributed by atoms with Gasteiger partial charge in [-0.1, -0.05) is 47.5 Å². The van der Waals surface area contributed by atoms with Gasteiger partial charge >= 0.3 is 0 Å². The van der Waals surface area contributed by atoms with Gasteiger partial charge in [-0.05, 0) is 66.3 Å². The minimum absolute atomic E-state index is 0.290. The van der Waals surface area contributed by atoms with Gasteiger partial charge in [0, 0.05) is 16.3 Å². The highest BCUT2D eigenvalue weighted by molar-refractivity contribution is 7.71. The number of carbonyl (C=O) groups excluding carboxylic acids is 1. The Labute approximate surface area is 193 Å². The molecular weight excluding hydrogens is 453 g/mol. The Bertz CT molecular complexity index is 1330. The van der Waals surface area contributed by atoms with Gasteiger partial charge in [-0.2, -0.15) is 14.9 Å². The van der Waals surface area contributed by atoms with Crippen LogP contribution in [0.15, 0.2) is 77.9 Å². The lowest BCUT2D eigenvalue weighted by Crippen LogP contribution is -2.12. The van der Waals surface area contributed by atoms with E-state index < -0.39 is 0 Å². The molecule has 0 saturated heterocycles. The van der Waals surface area contributed by atoms with Gasteiger partial charge in [0.15, 0.2) is 5.82 Å². The molecule has 6 nitrogen and oxygen atoms in total. The molecule has 0 aliphatic rings. The molecule has 0 radical (unpaired) electrons. The normalized spacial score (nSPS) is 11.0. The Hall–Kier alpha value is -3.26. The van der Waals surface area contributed by atoms with Crippen molar-refractivity contribution >= 4 is 53.2 Å². The van der Waals surface area contributed by atoms with Crippen molar-refractivity contribution in [3.63, 3.8) is 0 Å². The number of H-pyrrole nitrogens is 1. The largest absolute Gasteiger partial charge is 0.322 e. The molecule has 0 spiro atoms. The highest BCUT2D eigenvalue weighted by atomic mass is 35.5.